The van der Waals surface area contributed by atoms with Crippen LogP contribution in [0.5, 0.6) is 5.75 Å². The maximum absolute atomic E-state index is 14.1. The molecular formula is C22H22ClFN3NaO5. The van der Waals surface area contributed by atoms with Crippen molar-refractivity contribution < 1.29 is 53.4 Å². The van der Waals surface area contributed by atoms with Gasteiger partial charge in [-0.2, -0.15) is 0 Å². The number of amides is 2. The smallest absolute Gasteiger partial charge is 0.868 e. The van der Waals surface area contributed by atoms with Crippen LogP contribution in [-0.4, -0.2) is 48.6 Å². The van der Waals surface area contributed by atoms with Crippen LogP contribution in [0, 0.1) is 11.7 Å². The molecule has 1 saturated carbocycles. The average Bonchev–Trinajstić information content (AvgIpc) is 2.73. The molecule has 2 heterocycles. The van der Waals surface area contributed by atoms with Crippen molar-refractivity contribution in [1.82, 2.24) is 14.8 Å². The molecule has 8 nitrogen and oxygen atoms in total. The van der Waals surface area contributed by atoms with Gasteiger partial charge in [0.05, 0.1) is 10.6 Å². The third-order valence-corrected chi connectivity index (χ3v) is 6.50. The summed E-state index contributed by atoms with van der Waals surface area (Å²) in [6, 6.07) is 4.37. The van der Waals surface area contributed by atoms with E-state index in [9.17, 15) is 23.9 Å². The molecule has 2 amide bonds. The number of benzene rings is 1. The molecule has 1 N–H and O–H groups in total. The number of likely N-dealkylation sites (N-methyl/N-ethyl adjacent to an activating group) is 1. The number of ether oxygens (including phenoxy) is 1. The Balaban J connectivity index is 0.00000306. The van der Waals surface area contributed by atoms with Gasteiger partial charge in [-0.25, -0.2) is 4.39 Å². The molecule has 0 radical (unpaired) electrons. The third-order valence-electron chi connectivity index (χ3n) is 6.21. The predicted molar refractivity (Wildman–Crippen MR) is 112 cm³/mol. The summed E-state index contributed by atoms with van der Waals surface area (Å²) in [6.45, 7) is 0.678. The van der Waals surface area contributed by atoms with Crippen LogP contribution in [0.2, 0.25) is 5.02 Å². The fraction of sp³-hybridized carbons (Fsp3) is 0.409. The number of rotatable bonds is 5. The second-order valence-corrected chi connectivity index (χ2v) is 8.84. The summed E-state index contributed by atoms with van der Waals surface area (Å²) in [7, 11) is 3.19. The number of hydrogen-bond donors (Lipinski definition) is 1. The number of carbonyl (C=O) groups is 2. The van der Waals surface area contributed by atoms with Gasteiger partial charge in [0.2, 0.25) is 0 Å². The molecule has 0 atom stereocenters. The number of aromatic nitrogens is 1. The van der Waals surface area contributed by atoms with E-state index < -0.39 is 34.3 Å². The molecule has 33 heavy (non-hydrogen) atoms. The van der Waals surface area contributed by atoms with Crippen LogP contribution in [0.1, 0.15) is 39.3 Å². The zero-order valence-electron chi connectivity index (χ0n) is 18.6. The van der Waals surface area contributed by atoms with Gasteiger partial charge in [0.25, 0.3) is 11.8 Å². The first-order valence-corrected chi connectivity index (χ1v) is 10.5. The molecule has 4 rings (SSSR count). The minimum atomic E-state index is -1.06. The summed E-state index contributed by atoms with van der Waals surface area (Å²) in [6.07, 6.45) is 2.57. The standard InChI is InChI=1S/C22H23ClFN3O5.Na/c1-26-11-22(6-12(7-22)10-32-2)27-9-14(18(28)19(29)17(27)21(26)31)20(30)25-8-13-4-3-5-15(23)16(13)24;/h3-5,9,12,29H,6-8,10-11H2,1-2H3,(H,25,30);/q;+1/p-1/t12-,22-;. The van der Waals surface area contributed by atoms with Gasteiger partial charge in [0, 0.05) is 45.6 Å². The van der Waals surface area contributed by atoms with E-state index in [4.69, 9.17) is 16.3 Å². The van der Waals surface area contributed by atoms with Crippen molar-refractivity contribution in [1.29, 1.82) is 0 Å². The topological polar surface area (TPSA) is 104 Å². The van der Waals surface area contributed by atoms with E-state index in [2.05, 4.69) is 5.32 Å². The Hall–Kier alpha value is -1.91. The Morgan fingerprint density at radius 2 is 2.06 bits per heavy atom. The van der Waals surface area contributed by atoms with E-state index in [1.54, 1.807) is 14.2 Å². The molecular weight excluding hydrogens is 464 g/mol. The van der Waals surface area contributed by atoms with E-state index in [1.807, 2.05) is 0 Å². The maximum atomic E-state index is 14.1. The van der Waals surface area contributed by atoms with E-state index in [0.29, 0.717) is 26.0 Å². The van der Waals surface area contributed by atoms with Gasteiger partial charge in [-0.05, 0) is 30.6 Å². The summed E-state index contributed by atoms with van der Waals surface area (Å²) in [5.74, 6) is -2.82. The summed E-state index contributed by atoms with van der Waals surface area (Å²) in [5, 5.41) is 15.2. The van der Waals surface area contributed by atoms with Crippen LogP contribution < -0.4 is 45.4 Å². The molecule has 0 saturated heterocycles. The first-order chi connectivity index (χ1) is 15.2. The van der Waals surface area contributed by atoms with Crippen molar-refractivity contribution in [3.63, 3.8) is 0 Å². The number of hydrogen-bond acceptors (Lipinski definition) is 5. The summed E-state index contributed by atoms with van der Waals surface area (Å²) in [4.78, 5) is 39.6. The van der Waals surface area contributed by atoms with Crippen molar-refractivity contribution in [2.45, 2.75) is 24.9 Å². The van der Waals surface area contributed by atoms with Gasteiger partial charge in [0.1, 0.15) is 17.1 Å². The number of fused-ring (bicyclic) bond motifs is 2. The molecule has 1 aromatic carbocycles. The summed E-state index contributed by atoms with van der Waals surface area (Å²) >= 11 is 5.76. The zero-order valence-corrected chi connectivity index (χ0v) is 21.4. The molecule has 11 heteroatoms. The first kappa shape index (κ1) is 25.7. The predicted octanol–water partition coefficient (Wildman–Crippen LogP) is -1.51. The molecule has 0 unspecified atom stereocenters. The maximum Gasteiger partial charge on any atom is 1.00 e. The number of carbonyl (C=O) groups excluding carboxylic acids is 2. The van der Waals surface area contributed by atoms with Gasteiger partial charge in [-0.3, -0.25) is 14.4 Å². The number of methoxy groups -OCH3 is 1. The Bertz CT molecular complexity index is 1170. The van der Waals surface area contributed by atoms with E-state index >= 15 is 0 Å². The van der Waals surface area contributed by atoms with Crippen LogP contribution in [-0.2, 0) is 16.8 Å². The molecule has 1 aliphatic carbocycles. The van der Waals surface area contributed by atoms with Crippen LogP contribution in [0.25, 0.3) is 0 Å². The average molecular weight is 486 g/mol. The summed E-state index contributed by atoms with van der Waals surface area (Å²) < 4.78 is 20.8. The Morgan fingerprint density at radius 1 is 1.36 bits per heavy atom. The Kier molecular flexibility index (Phi) is 7.60. The van der Waals surface area contributed by atoms with E-state index in [-0.39, 0.29) is 63.9 Å². The first-order valence-electron chi connectivity index (χ1n) is 10.1. The SMILES string of the molecule is COC[C@H]1C[C@@]2(CN(C)C(=O)c3c([O-])c(=O)c(C(=O)NCc4cccc(Cl)c4F)cn32)C1.[Na+]. The molecule has 1 aliphatic heterocycles. The van der Waals surface area contributed by atoms with Gasteiger partial charge >= 0.3 is 29.6 Å². The largest absolute Gasteiger partial charge is 1.00 e. The van der Waals surface area contributed by atoms with Crippen LogP contribution in [0.4, 0.5) is 4.39 Å². The number of pyridine rings is 1. The van der Waals surface area contributed by atoms with Crippen molar-refractivity contribution >= 4 is 23.4 Å². The molecule has 1 fully saturated rings. The van der Waals surface area contributed by atoms with Crippen molar-refractivity contribution in [2.75, 3.05) is 27.3 Å². The van der Waals surface area contributed by atoms with Crippen molar-refractivity contribution in [3.8, 4) is 5.75 Å². The number of halogens is 2. The Labute approximate surface area is 217 Å². The van der Waals surface area contributed by atoms with Crippen LogP contribution in [0.15, 0.2) is 29.2 Å². The molecule has 1 aromatic heterocycles. The van der Waals surface area contributed by atoms with Crippen LogP contribution in [0.3, 0.4) is 0 Å². The minimum Gasteiger partial charge on any atom is -0.868 e. The van der Waals surface area contributed by atoms with E-state index in [1.165, 1.54) is 33.9 Å². The van der Waals surface area contributed by atoms with Gasteiger partial charge < -0.3 is 24.6 Å². The monoisotopic (exact) mass is 485 g/mol. The fourth-order valence-electron chi connectivity index (χ4n) is 4.75. The third kappa shape index (κ3) is 4.44. The molecule has 170 valence electrons. The number of nitrogens with zero attached hydrogens (tertiary/aromatic N) is 2. The molecule has 1 spiro atoms. The van der Waals surface area contributed by atoms with Gasteiger partial charge in [0.15, 0.2) is 5.43 Å². The molecule has 2 aromatic rings. The second-order valence-electron chi connectivity index (χ2n) is 8.43. The van der Waals surface area contributed by atoms with Crippen molar-refractivity contribution in [2.24, 2.45) is 5.92 Å². The van der Waals surface area contributed by atoms with Crippen molar-refractivity contribution in [3.05, 3.63) is 62.3 Å². The molecule has 2 aliphatic rings. The van der Waals surface area contributed by atoms with E-state index in [0.717, 1.165) is 0 Å². The second kappa shape index (κ2) is 9.76. The minimum absolute atomic E-state index is 0. The zero-order chi connectivity index (χ0) is 23.2. The number of nitrogens with one attached hydrogen (secondary N) is 1. The Morgan fingerprint density at radius 3 is 2.73 bits per heavy atom. The molecule has 0 bridgehead atoms. The van der Waals surface area contributed by atoms with Gasteiger partial charge in [-0.1, -0.05) is 23.7 Å². The fourth-order valence-corrected chi connectivity index (χ4v) is 4.94. The van der Waals surface area contributed by atoms with Crippen LogP contribution >= 0.6 is 11.6 Å². The summed E-state index contributed by atoms with van der Waals surface area (Å²) in [5.41, 5.74) is -2.12. The quantitative estimate of drug-likeness (QED) is 0.518. The normalized spacial score (nSPS) is 21.3. The van der Waals surface area contributed by atoms with Gasteiger partial charge in [-0.15, -0.1) is 0 Å².